The molecule has 300 valence electrons. The van der Waals surface area contributed by atoms with Crippen molar-refractivity contribution in [1.82, 2.24) is 19.9 Å². The topological polar surface area (TPSA) is 64.7 Å². The van der Waals surface area contributed by atoms with E-state index in [0.29, 0.717) is 17.5 Å². The van der Waals surface area contributed by atoms with Gasteiger partial charge in [0.2, 0.25) is 0 Å². The number of hydrogen-bond acceptors (Lipinski definition) is 5. The minimum Gasteiger partial charge on any atom is -0.454 e. The summed E-state index contributed by atoms with van der Waals surface area (Å²) in [5.74, 6) is 1.90. The molecule has 0 radical (unpaired) electrons. The number of nitrogens with zero attached hydrogens (tertiary/aromatic N) is 4. The molecule has 14 rings (SSSR count). The summed E-state index contributed by atoms with van der Waals surface area (Å²) in [5.41, 5.74) is 9.67. The zero-order valence-electron chi connectivity index (χ0n) is 34.8. The highest BCUT2D eigenvalue weighted by molar-refractivity contribution is 6.25. The maximum absolute atomic E-state index is 6.43. The summed E-state index contributed by atoms with van der Waals surface area (Å²) in [6.45, 7) is 0. The second-order valence-electron chi connectivity index (χ2n) is 16.8. The molecule has 0 aliphatic heterocycles. The van der Waals surface area contributed by atoms with E-state index in [9.17, 15) is 0 Å². The molecule has 0 spiro atoms. The lowest BCUT2D eigenvalue weighted by molar-refractivity contribution is 0.672. The molecule has 5 heteroatoms. The second-order valence-corrected chi connectivity index (χ2v) is 16.8. The molecule has 0 fully saturated rings. The van der Waals surface area contributed by atoms with Crippen LogP contribution in [-0.2, 0) is 0 Å². The van der Waals surface area contributed by atoms with E-state index in [0.717, 1.165) is 98.8 Å². The molecule has 0 aliphatic carbocycles. The molecule has 5 nitrogen and oxygen atoms in total. The zero-order valence-corrected chi connectivity index (χ0v) is 34.8. The van der Waals surface area contributed by atoms with Gasteiger partial charge in [0, 0.05) is 38.4 Å². The molecule has 11 aromatic carbocycles. The van der Waals surface area contributed by atoms with Gasteiger partial charge in [-0.3, -0.25) is 0 Å². The average molecular weight is 827 g/mol. The SMILES string of the molecule is c1ccc(-c2nc(-c3ccc(-c4ccc(-c5nc6c7ccccc7oc6c6ccccc56)c5ccccc45)c4ccccc34)nc(-c3ccc4ccc5cccc6ccc3c4c56)n2)cc1. The number of aromatic nitrogens is 4. The summed E-state index contributed by atoms with van der Waals surface area (Å²) in [4.78, 5) is 21.2. The third-order valence-electron chi connectivity index (χ3n) is 13.3. The Balaban J connectivity index is 0.963. The van der Waals surface area contributed by atoms with Crippen molar-refractivity contribution < 1.29 is 4.42 Å². The summed E-state index contributed by atoms with van der Waals surface area (Å²) in [6, 6.07) is 72.8. The Kier molecular flexibility index (Phi) is 7.62. The summed E-state index contributed by atoms with van der Waals surface area (Å²) >= 11 is 0. The van der Waals surface area contributed by atoms with Gasteiger partial charge in [-0.05, 0) is 89.3 Å². The minimum absolute atomic E-state index is 0.627. The van der Waals surface area contributed by atoms with Gasteiger partial charge in [0.25, 0.3) is 0 Å². The van der Waals surface area contributed by atoms with E-state index in [2.05, 4.69) is 170 Å². The first kappa shape index (κ1) is 35.8. The van der Waals surface area contributed by atoms with Gasteiger partial charge in [0.15, 0.2) is 23.1 Å². The third kappa shape index (κ3) is 5.39. The van der Waals surface area contributed by atoms with Gasteiger partial charge in [-0.15, -0.1) is 0 Å². The number of benzene rings is 11. The second kappa shape index (κ2) is 13.9. The largest absolute Gasteiger partial charge is 0.454 e. The summed E-state index contributed by atoms with van der Waals surface area (Å²) in [7, 11) is 0. The quantitative estimate of drug-likeness (QED) is 0.162. The Morgan fingerprint density at radius 3 is 1.46 bits per heavy atom. The Morgan fingerprint density at radius 1 is 0.277 bits per heavy atom. The van der Waals surface area contributed by atoms with Crippen LogP contribution in [0.2, 0.25) is 0 Å². The molecule has 65 heavy (non-hydrogen) atoms. The lowest BCUT2D eigenvalue weighted by Gasteiger charge is -2.17. The average Bonchev–Trinajstić information content (AvgIpc) is 3.76. The van der Waals surface area contributed by atoms with Crippen LogP contribution < -0.4 is 0 Å². The molecule has 14 aromatic rings. The van der Waals surface area contributed by atoms with Crippen LogP contribution in [0.4, 0.5) is 0 Å². The smallest absolute Gasteiger partial charge is 0.164 e. The molecule has 3 heterocycles. The van der Waals surface area contributed by atoms with E-state index in [-0.39, 0.29) is 0 Å². The van der Waals surface area contributed by atoms with Crippen molar-refractivity contribution in [2.75, 3.05) is 0 Å². The van der Waals surface area contributed by atoms with E-state index in [1.807, 2.05) is 36.4 Å². The number of furan rings is 1. The fourth-order valence-electron chi connectivity index (χ4n) is 10.3. The zero-order chi connectivity index (χ0) is 42.6. The molecule has 0 saturated heterocycles. The molecule has 0 aliphatic rings. The number of fused-ring (bicyclic) bond motifs is 7. The van der Waals surface area contributed by atoms with Gasteiger partial charge in [-0.25, -0.2) is 19.9 Å². The summed E-state index contributed by atoms with van der Waals surface area (Å²) < 4.78 is 6.43. The van der Waals surface area contributed by atoms with Crippen LogP contribution >= 0.6 is 0 Å². The van der Waals surface area contributed by atoms with Crippen molar-refractivity contribution in [3.63, 3.8) is 0 Å². The fourth-order valence-corrected chi connectivity index (χ4v) is 10.3. The van der Waals surface area contributed by atoms with Gasteiger partial charge in [0.05, 0.1) is 5.69 Å². The van der Waals surface area contributed by atoms with Crippen LogP contribution in [0.5, 0.6) is 0 Å². The highest BCUT2D eigenvalue weighted by atomic mass is 16.3. The lowest BCUT2D eigenvalue weighted by Crippen LogP contribution is -2.01. The van der Waals surface area contributed by atoms with E-state index in [4.69, 9.17) is 24.4 Å². The molecule has 0 N–H and O–H groups in total. The van der Waals surface area contributed by atoms with Crippen molar-refractivity contribution >= 4 is 86.7 Å². The van der Waals surface area contributed by atoms with Crippen LogP contribution in [-0.4, -0.2) is 19.9 Å². The molecule has 0 unspecified atom stereocenters. The monoisotopic (exact) mass is 826 g/mol. The fraction of sp³-hybridized carbons (Fsp3) is 0. The van der Waals surface area contributed by atoms with Gasteiger partial charge in [-0.1, -0.05) is 182 Å². The van der Waals surface area contributed by atoms with E-state index in [1.54, 1.807) is 0 Å². The maximum atomic E-state index is 6.43. The van der Waals surface area contributed by atoms with E-state index >= 15 is 0 Å². The Hall–Kier alpha value is -8.80. The first-order valence-corrected chi connectivity index (χ1v) is 22.0. The molecule has 0 bridgehead atoms. The Labute approximate surface area is 372 Å². The van der Waals surface area contributed by atoms with Crippen molar-refractivity contribution in [2.45, 2.75) is 0 Å². The Morgan fingerprint density at radius 2 is 0.754 bits per heavy atom. The normalized spacial score (nSPS) is 12.0. The standard InChI is InChI=1S/C60H34N4O/c1-2-13-38(14-3-1)58-62-59(64-60(63-58)50-30-28-37-26-25-35-15-12-16-36-27-29-45(50)54(37)53(35)36)49-34-32-44(40-18-5-7-20-42(40)49)43-31-33-47(41-19-6-4-17-39(41)43)55-46-21-8-9-22-48(46)57-56(61-55)51-23-10-11-24-52(51)65-57/h1-34H. The van der Waals surface area contributed by atoms with Crippen LogP contribution in [0.1, 0.15) is 0 Å². The van der Waals surface area contributed by atoms with E-state index in [1.165, 1.54) is 26.9 Å². The molecule has 0 atom stereocenters. The number of rotatable bonds is 5. The number of pyridine rings is 1. The molecule has 3 aromatic heterocycles. The minimum atomic E-state index is 0.627. The summed E-state index contributed by atoms with van der Waals surface area (Å²) in [5, 5.41) is 14.8. The van der Waals surface area contributed by atoms with Gasteiger partial charge in [0.1, 0.15) is 11.1 Å². The summed E-state index contributed by atoms with van der Waals surface area (Å²) in [6.07, 6.45) is 0. The lowest BCUT2D eigenvalue weighted by atomic mass is 9.89. The van der Waals surface area contributed by atoms with Crippen molar-refractivity contribution in [3.8, 4) is 56.5 Å². The van der Waals surface area contributed by atoms with E-state index < -0.39 is 0 Å². The van der Waals surface area contributed by atoms with Gasteiger partial charge < -0.3 is 4.42 Å². The predicted molar refractivity (Wildman–Crippen MR) is 268 cm³/mol. The maximum Gasteiger partial charge on any atom is 0.164 e. The molecule has 0 amide bonds. The van der Waals surface area contributed by atoms with Crippen molar-refractivity contribution in [1.29, 1.82) is 0 Å². The highest BCUT2D eigenvalue weighted by Crippen LogP contribution is 2.44. The molecular formula is C60H34N4O. The van der Waals surface area contributed by atoms with Crippen LogP contribution in [0, 0.1) is 0 Å². The molecule has 0 saturated carbocycles. The first-order valence-electron chi connectivity index (χ1n) is 22.0. The highest BCUT2D eigenvalue weighted by Gasteiger charge is 2.22. The Bertz CT molecular complexity index is 4230. The number of hydrogen-bond donors (Lipinski definition) is 0. The first-order chi connectivity index (χ1) is 32.2. The van der Waals surface area contributed by atoms with Gasteiger partial charge in [-0.2, -0.15) is 0 Å². The van der Waals surface area contributed by atoms with Crippen molar-refractivity contribution in [3.05, 3.63) is 206 Å². The van der Waals surface area contributed by atoms with Crippen LogP contribution in [0.15, 0.2) is 211 Å². The third-order valence-corrected chi connectivity index (χ3v) is 13.3. The van der Waals surface area contributed by atoms with Crippen LogP contribution in [0.25, 0.3) is 143 Å². The van der Waals surface area contributed by atoms with Crippen molar-refractivity contribution in [2.24, 2.45) is 0 Å². The van der Waals surface area contributed by atoms with Crippen LogP contribution in [0.3, 0.4) is 0 Å². The predicted octanol–water partition coefficient (Wildman–Crippen LogP) is 15.9. The van der Waals surface area contributed by atoms with Gasteiger partial charge >= 0.3 is 0 Å². The number of para-hydroxylation sites is 1. The molecular weight excluding hydrogens is 793 g/mol.